The van der Waals surface area contributed by atoms with E-state index in [1.54, 1.807) is 0 Å². The van der Waals surface area contributed by atoms with E-state index in [1.165, 1.54) is 18.7 Å². The summed E-state index contributed by atoms with van der Waals surface area (Å²) in [6.07, 6.45) is 0.648. The van der Waals surface area contributed by atoms with Crippen LogP contribution in [0.15, 0.2) is 0 Å². The number of rotatable bonds is 4. The van der Waals surface area contributed by atoms with E-state index in [9.17, 15) is 14.4 Å². The zero-order valence-electron chi connectivity index (χ0n) is 8.74. The summed E-state index contributed by atoms with van der Waals surface area (Å²) in [7, 11) is 0. The summed E-state index contributed by atoms with van der Waals surface area (Å²) in [5.74, 6) is -0.0717. The van der Waals surface area contributed by atoms with Crippen LogP contribution in [0.3, 0.4) is 0 Å². The molecule has 1 rings (SSSR count). The van der Waals surface area contributed by atoms with Gasteiger partial charge in [-0.25, -0.2) is 0 Å². The molecule has 1 aliphatic heterocycles. The number of hydrogen-bond acceptors (Lipinski definition) is 5. The van der Waals surface area contributed by atoms with Crippen LogP contribution in [0.1, 0.15) is 13.3 Å². The molecule has 1 fully saturated rings. The standard InChI is InChI=1S/C9H12N2O3S2/c1-5(15)8(13)10-4-7(12)11-6-2-3-16-9(6)14/h6H,2-4H2,1H3,(H,10,13)(H,11,12). The average Bonchev–Trinajstić information content (AvgIpc) is 2.60. The molecular formula is C9H12N2O3S2. The van der Waals surface area contributed by atoms with Gasteiger partial charge in [-0.05, 0) is 13.3 Å². The van der Waals surface area contributed by atoms with Crippen LogP contribution in [0.4, 0.5) is 0 Å². The molecule has 0 aromatic heterocycles. The lowest BCUT2D eigenvalue weighted by atomic mass is 10.2. The van der Waals surface area contributed by atoms with Gasteiger partial charge in [0.2, 0.25) is 11.0 Å². The highest BCUT2D eigenvalue weighted by Gasteiger charge is 2.26. The van der Waals surface area contributed by atoms with Crippen molar-refractivity contribution in [2.24, 2.45) is 0 Å². The van der Waals surface area contributed by atoms with Crippen molar-refractivity contribution in [3.8, 4) is 0 Å². The van der Waals surface area contributed by atoms with Gasteiger partial charge in [0, 0.05) is 5.75 Å². The third-order valence-corrected chi connectivity index (χ3v) is 3.19. The Balaban J connectivity index is 2.28. The first kappa shape index (κ1) is 13.1. The molecule has 0 aromatic carbocycles. The Hall–Kier alpha value is -0.950. The van der Waals surface area contributed by atoms with Crippen molar-refractivity contribution in [2.75, 3.05) is 12.3 Å². The van der Waals surface area contributed by atoms with E-state index >= 15 is 0 Å². The van der Waals surface area contributed by atoms with Crippen LogP contribution >= 0.6 is 24.0 Å². The summed E-state index contributed by atoms with van der Waals surface area (Å²) in [5.41, 5.74) is 0. The number of thiocarbonyl (C=S) groups is 1. The lowest BCUT2D eigenvalue weighted by Crippen LogP contribution is -2.44. The fourth-order valence-electron chi connectivity index (χ4n) is 1.16. The van der Waals surface area contributed by atoms with Crippen LogP contribution < -0.4 is 10.6 Å². The minimum Gasteiger partial charge on any atom is -0.344 e. The van der Waals surface area contributed by atoms with Crippen molar-refractivity contribution in [1.29, 1.82) is 0 Å². The molecule has 2 N–H and O–H groups in total. The first-order valence-corrected chi connectivity index (χ1v) is 6.15. The second kappa shape index (κ2) is 5.95. The predicted molar refractivity (Wildman–Crippen MR) is 65.3 cm³/mol. The van der Waals surface area contributed by atoms with E-state index in [0.29, 0.717) is 6.42 Å². The number of thioether (sulfide) groups is 1. The highest BCUT2D eigenvalue weighted by atomic mass is 32.2. The summed E-state index contributed by atoms with van der Waals surface area (Å²) >= 11 is 5.85. The molecule has 88 valence electrons. The summed E-state index contributed by atoms with van der Waals surface area (Å²) in [5, 5.41) is 4.89. The lowest BCUT2D eigenvalue weighted by molar-refractivity contribution is -0.125. The quantitative estimate of drug-likeness (QED) is 0.675. The minimum atomic E-state index is -0.433. The van der Waals surface area contributed by atoms with E-state index in [-0.39, 0.29) is 22.4 Å². The smallest absolute Gasteiger partial charge is 0.258 e. The molecule has 5 nitrogen and oxygen atoms in total. The summed E-state index contributed by atoms with van der Waals surface area (Å²) in [4.78, 5) is 33.8. The van der Waals surface area contributed by atoms with E-state index in [1.807, 2.05) is 0 Å². The molecule has 7 heteroatoms. The fraction of sp³-hybridized carbons (Fsp3) is 0.556. The Morgan fingerprint density at radius 3 is 2.75 bits per heavy atom. The molecule has 2 amide bonds. The first-order chi connectivity index (χ1) is 7.50. The second-order valence-corrected chi connectivity index (χ2v) is 5.03. The predicted octanol–water partition coefficient (Wildman–Crippen LogP) is -0.359. The number of amides is 2. The molecule has 1 heterocycles. The van der Waals surface area contributed by atoms with Crippen molar-refractivity contribution in [3.05, 3.63) is 0 Å². The highest BCUT2D eigenvalue weighted by Crippen LogP contribution is 2.18. The van der Waals surface area contributed by atoms with Crippen LogP contribution in [-0.2, 0) is 14.4 Å². The van der Waals surface area contributed by atoms with Crippen molar-refractivity contribution in [2.45, 2.75) is 19.4 Å². The van der Waals surface area contributed by atoms with E-state index in [4.69, 9.17) is 0 Å². The molecule has 0 radical (unpaired) electrons. The maximum atomic E-state index is 11.3. The van der Waals surface area contributed by atoms with Crippen LogP contribution in [-0.4, -0.2) is 40.1 Å². The molecule has 1 unspecified atom stereocenters. The van der Waals surface area contributed by atoms with Crippen molar-refractivity contribution >= 4 is 45.8 Å². The third kappa shape index (κ3) is 3.90. The monoisotopic (exact) mass is 260 g/mol. The topological polar surface area (TPSA) is 75.3 Å². The van der Waals surface area contributed by atoms with Gasteiger partial charge in [0.15, 0.2) is 0 Å². The average molecular weight is 260 g/mol. The molecular weight excluding hydrogens is 248 g/mol. The van der Waals surface area contributed by atoms with Gasteiger partial charge in [0.25, 0.3) is 5.91 Å². The van der Waals surface area contributed by atoms with Gasteiger partial charge in [-0.3, -0.25) is 14.4 Å². The second-order valence-electron chi connectivity index (χ2n) is 3.32. The van der Waals surface area contributed by atoms with Crippen molar-refractivity contribution in [3.63, 3.8) is 0 Å². The van der Waals surface area contributed by atoms with Crippen molar-refractivity contribution < 1.29 is 14.4 Å². The van der Waals surface area contributed by atoms with Crippen LogP contribution in [0.25, 0.3) is 0 Å². The highest BCUT2D eigenvalue weighted by molar-refractivity contribution is 8.14. The van der Waals surface area contributed by atoms with Crippen LogP contribution in [0, 0.1) is 0 Å². The maximum Gasteiger partial charge on any atom is 0.258 e. The van der Waals surface area contributed by atoms with E-state index in [0.717, 1.165) is 5.75 Å². The molecule has 0 bridgehead atoms. The number of carbonyl (C=O) groups excluding carboxylic acids is 3. The van der Waals surface area contributed by atoms with Crippen LogP contribution in [0.2, 0.25) is 0 Å². The van der Waals surface area contributed by atoms with Gasteiger partial charge in [-0.2, -0.15) is 0 Å². The molecule has 0 aliphatic carbocycles. The van der Waals surface area contributed by atoms with Crippen LogP contribution in [0.5, 0.6) is 0 Å². The SMILES string of the molecule is CC(=S)C(=O)NCC(=O)NC1CCSC1=O. The van der Waals surface area contributed by atoms with Crippen molar-refractivity contribution in [1.82, 2.24) is 10.6 Å². The number of carbonyl (C=O) groups is 3. The number of hydrogen-bond donors (Lipinski definition) is 2. The Kier molecular flexibility index (Phi) is 4.88. The van der Waals surface area contributed by atoms with E-state index in [2.05, 4.69) is 22.9 Å². The Morgan fingerprint density at radius 2 is 2.25 bits per heavy atom. The summed E-state index contributed by atoms with van der Waals surface area (Å²) < 4.78 is 0. The molecule has 16 heavy (non-hydrogen) atoms. The molecule has 0 spiro atoms. The minimum absolute atomic E-state index is 0.0225. The van der Waals surface area contributed by atoms with Gasteiger partial charge < -0.3 is 10.6 Å². The zero-order valence-corrected chi connectivity index (χ0v) is 10.4. The lowest BCUT2D eigenvalue weighted by Gasteiger charge is -2.10. The largest absolute Gasteiger partial charge is 0.344 e. The molecule has 0 saturated carbocycles. The Bertz CT molecular complexity index is 344. The molecule has 0 aromatic rings. The summed E-state index contributed by atoms with van der Waals surface area (Å²) in [6.45, 7) is 1.33. The van der Waals surface area contributed by atoms with E-state index < -0.39 is 11.9 Å². The van der Waals surface area contributed by atoms with Gasteiger partial charge in [0.05, 0.1) is 17.5 Å². The number of nitrogens with one attached hydrogen (secondary N) is 2. The molecule has 1 saturated heterocycles. The molecule has 1 aliphatic rings. The van der Waals surface area contributed by atoms with Gasteiger partial charge in [0.1, 0.15) is 0 Å². The van der Waals surface area contributed by atoms with Gasteiger partial charge >= 0.3 is 0 Å². The maximum absolute atomic E-state index is 11.3. The zero-order chi connectivity index (χ0) is 12.1. The molecule has 1 atom stereocenters. The normalized spacial score (nSPS) is 19.3. The first-order valence-electron chi connectivity index (χ1n) is 4.75. The third-order valence-electron chi connectivity index (χ3n) is 2.00. The Labute approximate surface area is 103 Å². The van der Waals surface area contributed by atoms with Gasteiger partial charge in [-0.15, -0.1) is 0 Å². The Morgan fingerprint density at radius 1 is 1.56 bits per heavy atom. The fourth-order valence-corrected chi connectivity index (χ4v) is 2.16. The summed E-state index contributed by atoms with van der Waals surface area (Å²) in [6, 6.07) is -0.414. The van der Waals surface area contributed by atoms with Gasteiger partial charge in [-0.1, -0.05) is 24.0 Å².